The highest BCUT2D eigenvalue weighted by Crippen LogP contribution is 2.22. The van der Waals surface area contributed by atoms with Crippen molar-refractivity contribution in [3.63, 3.8) is 0 Å². The van der Waals surface area contributed by atoms with Crippen molar-refractivity contribution in [1.29, 1.82) is 0 Å². The number of furan rings is 1. The molecule has 0 radical (unpaired) electrons. The number of anilines is 1. The van der Waals surface area contributed by atoms with Crippen LogP contribution in [0, 0.1) is 0 Å². The molecule has 0 aliphatic carbocycles. The molecule has 0 aliphatic heterocycles. The molecule has 7 nitrogen and oxygen atoms in total. The lowest BCUT2D eigenvalue weighted by Gasteiger charge is -2.21. The molecule has 1 N–H and O–H groups in total. The Morgan fingerprint density at radius 3 is 2.53 bits per heavy atom. The van der Waals surface area contributed by atoms with E-state index in [4.69, 9.17) is 20.8 Å². The fourth-order valence-corrected chi connectivity index (χ4v) is 4.31. The number of nitrogens with zero attached hydrogens (tertiary/aromatic N) is 1. The highest BCUT2D eigenvalue weighted by atomic mass is 35.5. The van der Waals surface area contributed by atoms with Crippen LogP contribution in [0.3, 0.4) is 0 Å². The van der Waals surface area contributed by atoms with Crippen LogP contribution in [-0.2, 0) is 21.4 Å². The van der Waals surface area contributed by atoms with Crippen LogP contribution in [0.4, 0.5) is 5.69 Å². The van der Waals surface area contributed by atoms with Crippen LogP contribution >= 0.6 is 11.6 Å². The van der Waals surface area contributed by atoms with E-state index < -0.39 is 22.5 Å². The third kappa shape index (κ3) is 5.63. The van der Waals surface area contributed by atoms with Gasteiger partial charge < -0.3 is 14.5 Å². The van der Waals surface area contributed by atoms with E-state index in [0.29, 0.717) is 28.8 Å². The molecule has 3 rings (SSSR count). The summed E-state index contributed by atoms with van der Waals surface area (Å²) in [4.78, 5) is 12.6. The second-order valence-corrected chi connectivity index (χ2v) is 8.69. The van der Waals surface area contributed by atoms with Crippen molar-refractivity contribution in [3.05, 3.63) is 77.7 Å². The lowest BCUT2D eigenvalue weighted by molar-refractivity contribution is -0.116. The first-order chi connectivity index (χ1) is 14.4. The zero-order chi connectivity index (χ0) is 21.6. The fraction of sp³-hybridized carbons (Fsp3) is 0.190. The molecule has 30 heavy (non-hydrogen) atoms. The predicted molar refractivity (Wildman–Crippen MR) is 114 cm³/mol. The van der Waals surface area contributed by atoms with Crippen LogP contribution in [0.5, 0.6) is 5.75 Å². The largest absolute Gasteiger partial charge is 0.494 e. The molecule has 0 saturated carbocycles. The van der Waals surface area contributed by atoms with Gasteiger partial charge >= 0.3 is 0 Å². The Kier molecular flexibility index (Phi) is 7.15. The summed E-state index contributed by atoms with van der Waals surface area (Å²) in [5.41, 5.74) is 0.476. The summed E-state index contributed by atoms with van der Waals surface area (Å²) in [6.45, 7) is 1.82. The van der Waals surface area contributed by atoms with E-state index in [-0.39, 0.29) is 11.4 Å². The van der Waals surface area contributed by atoms with E-state index in [1.165, 1.54) is 18.4 Å². The monoisotopic (exact) mass is 448 g/mol. The molecule has 0 saturated heterocycles. The first kappa shape index (κ1) is 21.9. The minimum absolute atomic E-state index is 0.0491. The van der Waals surface area contributed by atoms with Gasteiger partial charge in [0.05, 0.1) is 30.9 Å². The third-order valence-corrected chi connectivity index (χ3v) is 6.15. The Morgan fingerprint density at radius 1 is 1.13 bits per heavy atom. The molecule has 0 aliphatic rings. The molecule has 3 aromatic rings. The van der Waals surface area contributed by atoms with Crippen molar-refractivity contribution in [3.8, 4) is 5.75 Å². The van der Waals surface area contributed by atoms with Gasteiger partial charge in [-0.15, -0.1) is 0 Å². The minimum atomic E-state index is -3.97. The van der Waals surface area contributed by atoms with E-state index >= 15 is 0 Å². The summed E-state index contributed by atoms with van der Waals surface area (Å²) >= 11 is 5.94. The van der Waals surface area contributed by atoms with E-state index in [9.17, 15) is 13.2 Å². The smallest absolute Gasteiger partial charge is 0.243 e. The summed E-state index contributed by atoms with van der Waals surface area (Å²) < 4.78 is 38.1. The van der Waals surface area contributed by atoms with Crippen molar-refractivity contribution in [2.75, 3.05) is 18.5 Å². The molecular weight excluding hydrogens is 428 g/mol. The van der Waals surface area contributed by atoms with Gasteiger partial charge in [-0.3, -0.25) is 4.79 Å². The van der Waals surface area contributed by atoms with Gasteiger partial charge in [-0.2, -0.15) is 4.31 Å². The first-order valence-electron chi connectivity index (χ1n) is 9.19. The average molecular weight is 449 g/mol. The van der Waals surface area contributed by atoms with Crippen molar-refractivity contribution in [2.24, 2.45) is 0 Å². The van der Waals surface area contributed by atoms with Crippen molar-refractivity contribution in [2.45, 2.75) is 18.4 Å². The second kappa shape index (κ2) is 9.80. The molecule has 9 heteroatoms. The van der Waals surface area contributed by atoms with Gasteiger partial charge in [0, 0.05) is 10.7 Å². The van der Waals surface area contributed by atoms with Gasteiger partial charge in [0.15, 0.2) is 0 Å². The Hall–Kier alpha value is -2.81. The SMILES string of the molecule is CCOc1ccc(S(=O)(=O)N(CC(=O)Nc2cccc(Cl)c2)Cc2ccco2)cc1. The Labute approximate surface area is 180 Å². The standard InChI is InChI=1S/C21H21ClN2O5S/c1-2-28-18-8-10-20(11-9-18)30(26,27)24(14-19-7-4-12-29-19)15-21(25)23-17-6-3-5-16(22)13-17/h3-13H,2,14-15H2,1H3,(H,23,25). The Bertz CT molecular complexity index is 1080. The van der Waals surface area contributed by atoms with Crippen LogP contribution in [0.15, 0.2) is 76.2 Å². The number of nitrogens with one attached hydrogen (secondary N) is 1. The summed E-state index contributed by atoms with van der Waals surface area (Å²) in [6.07, 6.45) is 1.45. The summed E-state index contributed by atoms with van der Waals surface area (Å²) in [5, 5.41) is 3.12. The molecule has 1 aromatic heterocycles. The molecule has 0 unspecified atom stereocenters. The predicted octanol–water partition coefficient (Wildman–Crippen LogP) is 4.16. The normalized spacial score (nSPS) is 11.4. The highest BCUT2D eigenvalue weighted by molar-refractivity contribution is 7.89. The first-order valence-corrected chi connectivity index (χ1v) is 11.0. The summed E-state index contributed by atoms with van der Waals surface area (Å²) in [5.74, 6) is 0.478. The molecular formula is C21H21ClN2O5S. The molecule has 0 spiro atoms. The number of amides is 1. The van der Waals surface area contributed by atoms with E-state index in [0.717, 1.165) is 4.31 Å². The molecule has 1 heterocycles. The van der Waals surface area contributed by atoms with Crippen molar-refractivity contribution >= 4 is 33.2 Å². The van der Waals surface area contributed by atoms with Crippen molar-refractivity contribution in [1.82, 2.24) is 4.31 Å². The number of benzene rings is 2. The van der Waals surface area contributed by atoms with Gasteiger partial charge in [-0.05, 0) is 61.5 Å². The molecule has 2 aromatic carbocycles. The number of hydrogen-bond acceptors (Lipinski definition) is 5. The lowest BCUT2D eigenvalue weighted by Crippen LogP contribution is -2.37. The zero-order valence-corrected chi connectivity index (χ0v) is 17.8. The highest BCUT2D eigenvalue weighted by Gasteiger charge is 2.28. The maximum Gasteiger partial charge on any atom is 0.243 e. The molecule has 0 bridgehead atoms. The van der Waals surface area contributed by atoms with Crippen LogP contribution in [0.1, 0.15) is 12.7 Å². The van der Waals surface area contributed by atoms with Gasteiger partial charge in [-0.1, -0.05) is 17.7 Å². The topological polar surface area (TPSA) is 88.9 Å². The Balaban J connectivity index is 1.82. The number of hydrogen-bond donors (Lipinski definition) is 1. The second-order valence-electron chi connectivity index (χ2n) is 6.32. The Morgan fingerprint density at radius 2 is 1.90 bits per heavy atom. The van der Waals surface area contributed by atoms with Crippen LogP contribution in [-0.4, -0.2) is 31.8 Å². The maximum absolute atomic E-state index is 13.2. The third-order valence-electron chi connectivity index (χ3n) is 4.11. The fourth-order valence-electron chi connectivity index (χ4n) is 2.75. The van der Waals surface area contributed by atoms with Crippen LogP contribution < -0.4 is 10.1 Å². The molecule has 158 valence electrons. The number of rotatable bonds is 9. The number of carbonyl (C=O) groups excluding carboxylic acids is 1. The van der Waals surface area contributed by atoms with Crippen LogP contribution in [0.2, 0.25) is 5.02 Å². The molecule has 1 amide bonds. The van der Waals surface area contributed by atoms with Crippen LogP contribution in [0.25, 0.3) is 0 Å². The van der Waals surface area contributed by atoms with Gasteiger partial charge in [-0.25, -0.2) is 8.42 Å². The average Bonchev–Trinajstić information content (AvgIpc) is 3.21. The van der Waals surface area contributed by atoms with Gasteiger partial charge in [0.1, 0.15) is 11.5 Å². The number of ether oxygens (including phenoxy) is 1. The number of carbonyl (C=O) groups is 1. The van der Waals surface area contributed by atoms with Crippen molar-refractivity contribution < 1.29 is 22.4 Å². The lowest BCUT2D eigenvalue weighted by atomic mass is 10.3. The van der Waals surface area contributed by atoms with E-state index in [1.807, 2.05) is 6.92 Å². The molecule has 0 atom stereocenters. The van der Waals surface area contributed by atoms with Gasteiger partial charge in [0.25, 0.3) is 0 Å². The summed E-state index contributed by atoms with van der Waals surface area (Å²) in [6, 6.07) is 16.0. The van der Waals surface area contributed by atoms with E-state index in [1.54, 1.807) is 48.5 Å². The number of sulfonamides is 1. The molecule has 0 fully saturated rings. The number of halogens is 1. The van der Waals surface area contributed by atoms with E-state index in [2.05, 4.69) is 5.32 Å². The quantitative estimate of drug-likeness (QED) is 0.531. The maximum atomic E-state index is 13.2. The van der Waals surface area contributed by atoms with Gasteiger partial charge in [0.2, 0.25) is 15.9 Å². The summed E-state index contributed by atoms with van der Waals surface area (Å²) in [7, 11) is -3.97. The minimum Gasteiger partial charge on any atom is -0.494 e. The zero-order valence-electron chi connectivity index (χ0n) is 16.2.